The standard InChI is InChI=1S/C12H19NO2.W.Y/c1-4-12(15)6-5-11(7-10(14)13-11)8(2)9(12)3;;/h5-6,8-9,15H,4,7H2,1-3H3,(H,13,14);;/p-1/t8-,9+,11?,12+;;/m1../s1. The van der Waals surface area contributed by atoms with Gasteiger partial charge in [-0.05, 0) is 24.7 Å². The molecule has 0 aromatic heterocycles. The van der Waals surface area contributed by atoms with Crippen molar-refractivity contribution < 1.29 is 63.7 Å². The molecule has 0 aromatic carbocycles. The summed E-state index contributed by atoms with van der Waals surface area (Å²) in [7, 11) is 0. The quantitative estimate of drug-likeness (QED) is 0.461. The molecule has 1 fully saturated rings. The Morgan fingerprint density at radius 2 is 1.94 bits per heavy atom. The minimum Gasteiger partial charge on any atom is -0.644 e. The number of carbonyl (C=O) groups excluding carboxylic acids is 1. The molecule has 1 spiro atoms. The molecule has 93 valence electrons. The maximum absolute atomic E-state index is 11.0. The van der Waals surface area contributed by atoms with Crippen molar-refractivity contribution in [3.8, 4) is 0 Å². The summed E-state index contributed by atoms with van der Waals surface area (Å²) in [6, 6.07) is 0. The van der Waals surface area contributed by atoms with Gasteiger partial charge in [-0.3, -0.25) is 0 Å². The summed E-state index contributed by atoms with van der Waals surface area (Å²) >= 11 is 0. The Morgan fingerprint density at radius 3 is 2.35 bits per heavy atom. The maximum atomic E-state index is 11.0. The summed E-state index contributed by atoms with van der Waals surface area (Å²) in [5.74, 6) is 0.357. The van der Waals surface area contributed by atoms with E-state index in [1.165, 1.54) is 0 Å². The van der Waals surface area contributed by atoms with Crippen molar-refractivity contribution in [1.29, 1.82) is 0 Å². The van der Waals surface area contributed by atoms with Crippen molar-refractivity contribution in [2.24, 2.45) is 11.8 Å². The first-order valence-corrected chi connectivity index (χ1v) is 5.62. The molecule has 3 nitrogen and oxygen atoms in total. The topological polar surface area (TPSA) is 51.4 Å². The molecule has 1 radical (unpaired) electrons. The molecule has 17 heavy (non-hydrogen) atoms. The fourth-order valence-electron chi connectivity index (χ4n) is 2.72. The summed E-state index contributed by atoms with van der Waals surface area (Å²) in [4.78, 5) is 11.0. The Kier molecular flexibility index (Phi) is 6.28. The predicted octanol–water partition coefficient (Wildman–Crippen LogP) is 2.01. The van der Waals surface area contributed by atoms with Gasteiger partial charge in [0.1, 0.15) is 0 Å². The second kappa shape index (κ2) is 5.95. The number of carbonyl (C=O) groups is 1. The number of rotatable bonds is 1. The molecule has 1 aliphatic heterocycles. The zero-order chi connectivity index (χ0) is 11.3. The summed E-state index contributed by atoms with van der Waals surface area (Å²) in [6.45, 7) is 6.09. The molecule has 1 N–H and O–H groups in total. The Morgan fingerprint density at radius 1 is 1.41 bits per heavy atom. The first-order chi connectivity index (χ1) is 6.93. The zero-order valence-electron chi connectivity index (χ0n) is 10.5. The van der Waals surface area contributed by atoms with Crippen molar-refractivity contribution in [2.45, 2.75) is 44.8 Å². The molecule has 4 atom stereocenters. The minimum atomic E-state index is -0.723. The molecular formula is C12H18NO2WY-. The van der Waals surface area contributed by atoms with Gasteiger partial charge in [0.2, 0.25) is 0 Å². The molecule has 1 amide bonds. The van der Waals surface area contributed by atoms with E-state index in [1.54, 1.807) is 0 Å². The van der Waals surface area contributed by atoms with E-state index in [2.05, 4.69) is 12.2 Å². The number of nitrogens with zero attached hydrogens (tertiary/aromatic N) is 1. The summed E-state index contributed by atoms with van der Waals surface area (Å²) in [5.41, 5.74) is -1.03. The van der Waals surface area contributed by atoms with Crippen molar-refractivity contribution >= 4 is 5.91 Å². The summed E-state index contributed by atoms with van der Waals surface area (Å²) in [5, 5.41) is 14.4. The number of hydrogen-bond acceptors (Lipinski definition) is 2. The van der Waals surface area contributed by atoms with E-state index >= 15 is 0 Å². The van der Waals surface area contributed by atoms with Crippen LogP contribution < -0.4 is 0 Å². The first-order valence-electron chi connectivity index (χ1n) is 5.62. The first kappa shape index (κ1) is 18.0. The third kappa shape index (κ3) is 2.78. The van der Waals surface area contributed by atoms with Crippen molar-refractivity contribution in [3.05, 3.63) is 17.5 Å². The van der Waals surface area contributed by atoms with E-state index in [1.807, 2.05) is 26.0 Å². The predicted molar refractivity (Wildman–Crippen MR) is 58.4 cm³/mol. The van der Waals surface area contributed by atoms with E-state index in [-0.39, 0.29) is 77.1 Å². The summed E-state index contributed by atoms with van der Waals surface area (Å²) < 4.78 is 0. The Hall–Kier alpha value is 0.962. The second-order valence-corrected chi connectivity index (χ2v) is 4.93. The second-order valence-electron chi connectivity index (χ2n) is 4.93. The van der Waals surface area contributed by atoms with Gasteiger partial charge in [0.15, 0.2) is 0 Å². The van der Waals surface area contributed by atoms with Crippen molar-refractivity contribution in [3.63, 3.8) is 0 Å². The fraction of sp³-hybridized carbons (Fsp3) is 0.750. The van der Waals surface area contributed by atoms with Crippen molar-refractivity contribution in [2.75, 3.05) is 0 Å². The minimum absolute atomic E-state index is 0. The van der Waals surface area contributed by atoms with Gasteiger partial charge in [-0.2, -0.15) is 0 Å². The molecule has 5 heteroatoms. The van der Waals surface area contributed by atoms with Crippen LogP contribution in [-0.2, 0) is 58.6 Å². The van der Waals surface area contributed by atoms with Crippen LogP contribution in [0, 0.1) is 11.8 Å². The van der Waals surface area contributed by atoms with Gasteiger partial charge in [-0.1, -0.05) is 38.5 Å². The molecule has 1 aliphatic carbocycles. The maximum Gasteiger partial charge on any atom is 0.0852 e. The number of amides is 1. The largest absolute Gasteiger partial charge is 0.644 e. The smallest absolute Gasteiger partial charge is 0.0852 e. The summed E-state index contributed by atoms with van der Waals surface area (Å²) in [6.07, 6.45) is 4.99. The molecule has 1 unspecified atom stereocenters. The number of aliphatic hydroxyl groups is 1. The molecule has 2 rings (SSSR count). The monoisotopic (exact) mass is 481 g/mol. The van der Waals surface area contributed by atoms with Gasteiger partial charge < -0.3 is 15.2 Å². The van der Waals surface area contributed by atoms with Gasteiger partial charge >= 0.3 is 0 Å². The van der Waals surface area contributed by atoms with Crippen LogP contribution >= 0.6 is 0 Å². The van der Waals surface area contributed by atoms with E-state index in [0.29, 0.717) is 12.8 Å². The van der Waals surface area contributed by atoms with Crippen molar-refractivity contribution in [1.82, 2.24) is 0 Å². The van der Waals surface area contributed by atoms with E-state index in [0.717, 1.165) is 0 Å². The van der Waals surface area contributed by atoms with Crippen LogP contribution in [0.3, 0.4) is 0 Å². The molecule has 0 bridgehead atoms. The van der Waals surface area contributed by atoms with Crippen LogP contribution in [0.15, 0.2) is 12.2 Å². The molecule has 0 saturated carbocycles. The van der Waals surface area contributed by atoms with Crippen LogP contribution in [-0.4, -0.2) is 22.2 Å². The number of β-lactam (4-membered cyclic amide) rings is 1. The Bertz CT molecular complexity index is 326. The molecular weight excluding hydrogens is 463 g/mol. The molecule has 0 aromatic rings. The average Bonchev–Trinajstić information content (AvgIpc) is 2.18. The Labute approximate surface area is 142 Å². The van der Waals surface area contributed by atoms with Gasteiger partial charge in [-0.15, -0.1) is 0 Å². The van der Waals surface area contributed by atoms with Crippen LogP contribution in [0.5, 0.6) is 0 Å². The molecule has 1 saturated heterocycles. The number of hydrogen-bond donors (Lipinski definition) is 1. The average molecular weight is 481 g/mol. The third-order valence-corrected chi connectivity index (χ3v) is 4.32. The normalized spacial score (nSPS) is 43.2. The van der Waals surface area contributed by atoms with Gasteiger partial charge in [0, 0.05) is 53.8 Å². The Balaban J connectivity index is 0.00000128. The van der Waals surface area contributed by atoms with E-state index < -0.39 is 5.60 Å². The SMILES string of the molecule is CC[C@]1(O)C=CC2(CC(=O)[N-]2)[C@H](C)[C@@H]1C.[W].[Y]. The third-order valence-electron chi connectivity index (χ3n) is 4.32. The zero-order valence-corrected chi connectivity index (χ0v) is 16.3. The van der Waals surface area contributed by atoms with Crippen LogP contribution in [0.4, 0.5) is 0 Å². The van der Waals surface area contributed by atoms with E-state index in [4.69, 9.17) is 0 Å². The van der Waals surface area contributed by atoms with Crippen LogP contribution in [0.1, 0.15) is 33.6 Å². The molecule has 2 aliphatic rings. The van der Waals surface area contributed by atoms with E-state index in [9.17, 15) is 9.90 Å². The van der Waals surface area contributed by atoms with Crippen LogP contribution in [0.25, 0.3) is 5.32 Å². The molecule has 1 heterocycles. The van der Waals surface area contributed by atoms with Gasteiger partial charge in [-0.25, -0.2) is 0 Å². The van der Waals surface area contributed by atoms with Crippen LogP contribution in [0.2, 0.25) is 0 Å². The van der Waals surface area contributed by atoms with Gasteiger partial charge in [0.05, 0.1) is 11.5 Å². The van der Waals surface area contributed by atoms with Gasteiger partial charge in [0.25, 0.3) is 0 Å². The fourth-order valence-corrected chi connectivity index (χ4v) is 2.72.